The number of hydrogen-bond acceptors (Lipinski definition) is 4. The highest BCUT2D eigenvalue weighted by molar-refractivity contribution is 5.93. The Hall–Kier alpha value is -3.13. The summed E-state index contributed by atoms with van der Waals surface area (Å²) in [6.07, 6.45) is -0.374. The van der Waals surface area contributed by atoms with Gasteiger partial charge in [0.25, 0.3) is 0 Å². The maximum Gasteiger partial charge on any atom is 0.338 e. The van der Waals surface area contributed by atoms with E-state index in [-0.39, 0.29) is 24.4 Å². The van der Waals surface area contributed by atoms with Crippen LogP contribution in [-0.2, 0) is 9.53 Å². The fourth-order valence-electron chi connectivity index (χ4n) is 2.16. The summed E-state index contributed by atoms with van der Waals surface area (Å²) in [5, 5.41) is 11.2. The number of nitrogens with one attached hydrogen (secondary N) is 1. The Morgan fingerprint density at radius 1 is 1.12 bits per heavy atom. The molecule has 0 fully saturated rings. The van der Waals surface area contributed by atoms with E-state index in [9.17, 15) is 9.59 Å². The van der Waals surface area contributed by atoms with E-state index in [2.05, 4.69) is 5.32 Å². The highest BCUT2D eigenvalue weighted by atomic mass is 16.5. The average Bonchev–Trinajstić information content (AvgIpc) is 2.55. The van der Waals surface area contributed by atoms with E-state index in [1.807, 2.05) is 12.1 Å². The van der Waals surface area contributed by atoms with E-state index < -0.39 is 0 Å². The van der Waals surface area contributed by atoms with Gasteiger partial charge in [-0.15, -0.1) is 0 Å². The number of esters is 1. The van der Waals surface area contributed by atoms with Gasteiger partial charge in [-0.1, -0.05) is 24.3 Å². The lowest BCUT2D eigenvalue weighted by Gasteiger charge is -2.10. The third-order valence-corrected chi connectivity index (χ3v) is 3.16. The Morgan fingerprint density at radius 3 is 2.46 bits per heavy atom. The lowest BCUT2D eigenvalue weighted by molar-refractivity contribution is -0.115. The molecule has 0 spiro atoms. The van der Waals surface area contributed by atoms with Gasteiger partial charge >= 0.3 is 5.97 Å². The highest BCUT2D eigenvalue weighted by Gasteiger charge is 2.10. The van der Waals surface area contributed by atoms with Gasteiger partial charge in [-0.25, -0.2) is 4.79 Å². The summed E-state index contributed by atoms with van der Waals surface area (Å²) in [5.74, 6) is -0.728. The summed E-state index contributed by atoms with van der Waals surface area (Å²) < 4.78 is 5.20. The summed E-state index contributed by atoms with van der Waals surface area (Å²) in [4.78, 5) is 23.5. The molecule has 0 saturated heterocycles. The molecule has 2 aromatic rings. The Kier molecular flexibility index (Phi) is 5.69. The van der Waals surface area contributed by atoms with Crippen molar-refractivity contribution in [3.63, 3.8) is 0 Å². The molecule has 2 rings (SSSR count). The Labute approximate surface area is 140 Å². The first-order valence-electron chi connectivity index (χ1n) is 7.58. The number of amides is 1. The van der Waals surface area contributed by atoms with Gasteiger partial charge in [-0.05, 0) is 49.2 Å². The normalized spacial score (nSPS) is 10.1. The van der Waals surface area contributed by atoms with Crippen molar-refractivity contribution in [1.29, 1.82) is 5.26 Å². The lowest BCUT2D eigenvalue weighted by atomic mass is 10.0. The SMILES string of the molecule is CC(C)OC(=O)c1cccc(-c2cccc(NC(=O)CC#N)c2)c1. The number of hydrogen-bond donors (Lipinski definition) is 1. The lowest BCUT2D eigenvalue weighted by Crippen LogP contribution is -2.11. The van der Waals surface area contributed by atoms with Crippen LogP contribution in [0.15, 0.2) is 48.5 Å². The van der Waals surface area contributed by atoms with Crippen LogP contribution in [0.25, 0.3) is 11.1 Å². The number of rotatable bonds is 5. The molecule has 0 radical (unpaired) electrons. The van der Waals surface area contributed by atoms with E-state index in [4.69, 9.17) is 10.00 Å². The molecule has 0 aliphatic carbocycles. The van der Waals surface area contributed by atoms with Gasteiger partial charge in [0.15, 0.2) is 0 Å². The number of nitrogens with zero attached hydrogens (tertiary/aromatic N) is 1. The standard InChI is InChI=1S/C19H18N2O3/c1-13(2)24-19(23)16-7-3-5-14(11-16)15-6-4-8-17(12-15)21-18(22)9-10-20/h3-8,11-13H,9H2,1-2H3,(H,21,22). The first-order chi connectivity index (χ1) is 11.5. The minimum Gasteiger partial charge on any atom is -0.459 e. The quantitative estimate of drug-likeness (QED) is 0.850. The molecule has 2 aromatic carbocycles. The molecule has 0 unspecified atom stereocenters. The van der Waals surface area contributed by atoms with Crippen molar-refractivity contribution in [3.05, 3.63) is 54.1 Å². The van der Waals surface area contributed by atoms with Gasteiger partial charge in [0.1, 0.15) is 6.42 Å². The number of ether oxygens (including phenoxy) is 1. The predicted octanol–water partition coefficient (Wildman–Crippen LogP) is 3.77. The molecular weight excluding hydrogens is 304 g/mol. The molecule has 1 amide bonds. The summed E-state index contributed by atoms with van der Waals surface area (Å²) in [6.45, 7) is 3.60. The van der Waals surface area contributed by atoms with Crippen LogP contribution in [0.3, 0.4) is 0 Å². The van der Waals surface area contributed by atoms with Gasteiger partial charge in [-0.3, -0.25) is 4.79 Å². The molecule has 0 heterocycles. The minimum atomic E-state index is -0.370. The van der Waals surface area contributed by atoms with Crippen molar-refractivity contribution in [3.8, 4) is 17.2 Å². The molecule has 0 atom stereocenters. The summed E-state index contributed by atoms with van der Waals surface area (Å²) in [6, 6.07) is 16.1. The van der Waals surface area contributed by atoms with Crippen LogP contribution in [0.1, 0.15) is 30.6 Å². The maximum atomic E-state index is 12.0. The molecule has 0 aromatic heterocycles. The number of carbonyl (C=O) groups excluding carboxylic acids is 2. The Morgan fingerprint density at radius 2 is 1.79 bits per heavy atom. The minimum absolute atomic E-state index is 0.181. The first-order valence-corrected chi connectivity index (χ1v) is 7.58. The Bertz CT molecular complexity index is 791. The molecule has 1 N–H and O–H groups in total. The number of anilines is 1. The largest absolute Gasteiger partial charge is 0.459 e. The predicted molar refractivity (Wildman–Crippen MR) is 91.3 cm³/mol. The van der Waals surface area contributed by atoms with Crippen LogP contribution < -0.4 is 5.32 Å². The van der Waals surface area contributed by atoms with Crippen molar-refractivity contribution in [2.24, 2.45) is 0 Å². The molecule has 122 valence electrons. The fourth-order valence-corrected chi connectivity index (χ4v) is 2.16. The van der Waals surface area contributed by atoms with Crippen LogP contribution >= 0.6 is 0 Å². The van der Waals surface area contributed by atoms with Gasteiger partial charge in [0.05, 0.1) is 17.7 Å². The monoisotopic (exact) mass is 322 g/mol. The van der Waals surface area contributed by atoms with E-state index in [1.165, 1.54) is 0 Å². The molecule has 5 nitrogen and oxygen atoms in total. The number of benzene rings is 2. The average molecular weight is 322 g/mol. The topological polar surface area (TPSA) is 79.2 Å². The summed E-state index contributed by atoms with van der Waals surface area (Å²) in [7, 11) is 0. The van der Waals surface area contributed by atoms with Crippen molar-refractivity contribution in [1.82, 2.24) is 0 Å². The smallest absolute Gasteiger partial charge is 0.338 e. The molecule has 0 bridgehead atoms. The maximum absolute atomic E-state index is 12.0. The van der Waals surface area contributed by atoms with Crippen LogP contribution in [0.2, 0.25) is 0 Å². The van der Waals surface area contributed by atoms with Crippen molar-refractivity contribution < 1.29 is 14.3 Å². The van der Waals surface area contributed by atoms with Gasteiger partial charge < -0.3 is 10.1 Å². The second-order valence-electron chi connectivity index (χ2n) is 5.50. The van der Waals surface area contributed by atoms with Crippen LogP contribution in [0.5, 0.6) is 0 Å². The van der Waals surface area contributed by atoms with E-state index in [0.29, 0.717) is 11.3 Å². The van der Waals surface area contributed by atoms with Crippen molar-refractivity contribution in [2.45, 2.75) is 26.4 Å². The van der Waals surface area contributed by atoms with Crippen LogP contribution in [0, 0.1) is 11.3 Å². The zero-order valence-electron chi connectivity index (χ0n) is 13.6. The van der Waals surface area contributed by atoms with Crippen molar-refractivity contribution in [2.75, 3.05) is 5.32 Å². The van der Waals surface area contributed by atoms with E-state index in [0.717, 1.165) is 11.1 Å². The summed E-state index contributed by atoms with van der Waals surface area (Å²) in [5.41, 5.74) is 2.76. The molecule has 5 heteroatoms. The zero-order chi connectivity index (χ0) is 17.5. The zero-order valence-corrected chi connectivity index (χ0v) is 13.6. The highest BCUT2D eigenvalue weighted by Crippen LogP contribution is 2.24. The first kappa shape index (κ1) is 17.2. The molecule has 0 aliphatic rings. The molecule has 0 aliphatic heterocycles. The van der Waals surface area contributed by atoms with Crippen LogP contribution in [0.4, 0.5) is 5.69 Å². The van der Waals surface area contributed by atoms with Gasteiger partial charge in [-0.2, -0.15) is 5.26 Å². The van der Waals surface area contributed by atoms with Gasteiger partial charge in [0.2, 0.25) is 5.91 Å². The third-order valence-electron chi connectivity index (χ3n) is 3.16. The molecule has 24 heavy (non-hydrogen) atoms. The van der Waals surface area contributed by atoms with Gasteiger partial charge in [0, 0.05) is 5.69 Å². The van der Waals surface area contributed by atoms with E-state index >= 15 is 0 Å². The number of carbonyl (C=O) groups is 2. The van der Waals surface area contributed by atoms with E-state index in [1.54, 1.807) is 56.3 Å². The fraction of sp³-hybridized carbons (Fsp3) is 0.211. The molecular formula is C19H18N2O3. The second kappa shape index (κ2) is 7.93. The van der Waals surface area contributed by atoms with Crippen LogP contribution in [-0.4, -0.2) is 18.0 Å². The third kappa shape index (κ3) is 4.68. The summed E-state index contributed by atoms with van der Waals surface area (Å²) >= 11 is 0. The molecule has 0 saturated carbocycles. The Balaban J connectivity index is 2.24. The number of nitriles is 1. The van der Waals surface area contributed by atoms with Crippen molar-refractivity contribution >= 4 is 17.6 Å². The second-order valence-corrected chi connectivity index (χ2v) is 5.50.